The van der Waals surface area contributed by atoms with Gasteiger partial charge in [-0.05, 0) is 82.0 Å². The van der Waals surface area contributed by atoms with Crippen LogP contribution in [0.3, 0.4) is 0 Å². The van der Waals surface area contributed by atoms with Gasteiger partial charge in [0.2, 0.25) is 0 Å². The third kappa shape index (κ3) is 7.31. The van der Waals surface area contributed by atoms with Crippen LogP contribution in [-0.2, 0) is 4.43 Å². The van der Waals surface area contributed by atoms with Crippen LogP contribution in [0.25, 0.3) is 6.08 Å². The highest BCUT2D eigenvalue weighted by molar-refractivity contribution is 7.95. The van der Waals surface area contributed by atoms with E-state index in [1.54, 1.807) is 0 Å². The molecule has 0 fully saturated rings. The van der Waals surface area contributed by atoms with Gasteiger partial charge in [0, 0.05) is 18.8 Å². The molecule has 0 spiro atoms. The highest BCUT2D eigenvalue weighted by Crippen LogP contribution is 2.56. The number of aromatic nitrogens is 1. The first-order valence-electron chi connectivity index (χ1n) is 17.3. The van der Waals surface area contributed by atoms with E-state index in [-0.39, 0.29) is 11.1 Å². The fraction of sp³-hybridized carbons (Fsp3) is 0.178. The minimum atomic E-state index is -2.87. The van der Waals surface area contributed by atoms with Crippen molar-refractivity contribution >= 4 is 47.9 Å². The number of benzene rings is 5. The summed E-state index contributed by atoms with van der Waals surface area (Å²) in [7, 11) is -4.95. The topological polar surface area (TPSA) is 22.1 Å². The number of nitrogens with zero attached hydrogens (tertiary/aromatic N) is 1. The molecule has 5 aromatic carbocycles. The molecule has 2 nitrogen and oxygen atoms in total. The van der Waals surface area contributed by atoms with Crippen molar-refractivity contribution in [1.29, 1.82) is 0 Å². The van der Waals surface area contributed by atoms with Crippen LogP contribution in [0, 0.1) is 0 Å². The van der Waals surface area contributed by atoms with Crippen LogP contribution < -0.4 is 26.3 Å². The van der Waals surface area contributed by atoms with Crippen molar-refractivity contribution in [2.45, 2.75) is 45.3 Å². The molecule has 0 aliphatic carbocycles. The van der Waals surface area contributed by atoms with Gasteiger partial charge in [0.05, 0.1) is 12.3 Å². The zero-order valence-corrected chi connectivity index (χ0v) is 31.0. The summed E-state index contributed by atoms with van der Waals surface area (Å²) in [6, 6.07) is 59.8. The molecular formula is C45H47NOPSi+. The Balaban J connectivity index is 1.55. The predicted molar refractivity (Wildman–Crippen MR) is 215 cm³/mol. The fourth-order valence-corrected chi connectivity index (χ4v) is 16.4. The van der Waals surface area contributed by atoms with E-state index in [0.29, 0.717) is 0 Å². The maximum atomic E-state index is 7.98. The molecule has 0 saturated heterocycles. The van der Waals surface area contributed by atoms with E-state index in [2.05, 4.69) is 203 Å². The molecule has 4 heteroatoms. The van der Waals surface area contributed by atoms with E-state index in [1.165, 1.54) is 31.9 Å². The van der Waals surface area contributed by atoms with Gasteiger partial charge in [-0.1, -0.05) is 142 Å². The maximum Gasteiger partial charge on any atom is 0.261 e. The van der Waals surface area contributed by atoms with Crippen molar-refractivity contribution in [2.24, 2.45) is 0 Å². The first kappa shape index (κ1) is 34.5. The van der Waals surface area contributed by atoms with Crippen LogP contribution in [0.15, 0.2) is 182 Å². The summed E-state index contributed by atoms with van der Waals surface area (Å²) in [4.78, 5) is 4.29. The first-order valence-corrected chi connectivity index (χ1v) is 21.1. The second kappa shape index (κ2) is 15.4. The Morgan fingerprint density at radius 3 is 1.39 bits per heavy atom. The summed E-state index contributed by atoms with van der Waals surface area (Å²) >= 11 is 0. The Morgan fingerprint density at radius 2 is 1.00 bits per heavy atom. The molecule has 1 unspecified atom stereocenters. The van der Waals surface area contributed by atoms with Gasteiger partial charge in [0.15, 0.2) is 0 Å². The first-order chi connectivity index (χ1) is 23.8. The zero-order chi connectivity index (χ0) is 34.2. The Bertz CT molecular complexity index is 1770. The number of hydrogen-bond donors (Lipinski definition) is 0. The van der Waals surface area contributed by atoms with Gasteiger partial charge < -0.3 is 4.43 Å². The van der Waals surface area contributed by atoms with Crippen LogP contribution in [-0.4, -0.2) is 25.6 Å². The summed E-state index contributed by atoms with van der Waals surface area (Å²) in [6.07, 6.45) is 7.74. The Hall–Kier alpha value is -4.40. The predicted octanol–water partition coefficient (Wildman–Crippen LogP) is 8.81. The van der Waals surface area contributed by atoms with Crippen LogP contribution in [0.2, 0.25) is 5.04 Å². The zero-order valence-electron chi connectivity index (χ0n) is 29.1. The van der Waals surface area contributed by atoms with Crippen LogP contribution in [0.4, 0.5) is 0 Å². The molecule has 0 radical (unpaired) electrons. The van der Waals surface area contributed by atoms with E-state index in [9.17, 15) is 0 Å². The summed E-state index contributed by atoms with van der Waals surface area (Å²) in [5.74, 6) is 0. The van der Waals surface area contributed by atoms with Crippen molar-refractivity contribution in [3.8, 4) is 0 Å². The van der Waals surface area contributed by atoms with Crippen molar-refractivity contribution in [2.75, 3.05) is 6.16 Å². The molecule has 6 aromatic rings. The van der Waals surface area contributed by atoms with Gasteiger partial charge in [-0.25, -0.2) is 0 Å². The monoisotopic (exact) mass is 676 g/mol. The van der Waals surface area contributed by atoms with Gasteiger partial charge in [0.1, 0.15) is 23.2 Å². The smallest absolute Gasteiger partial charge is 0.261 e. The van der Waals surface area contributed by atoms with Crippen molar-refractivity contribution in [1.82, 2.24) is 4.98 Å². The van der Waals surface area contributed by atoms with Gasteiger partial charge in [-0.15, -0.1) is 0 Å². The molecule has 0 aliphatic heterocycles. The second-order valence-corrected chi connectivity index (χ2v) is 21.6. The average molecular weight is 677 g/mol. The molecular weight excluding hydrogens is 630 g/mol. The quantitative estimate of drug-likeness (QED) is 0.0955. The summed E-state index contributed by atoms with van der Waals surface area (Å²) in [5.41, 5.74) is 2.37. The molecule has 1 aromatic heterocycles. The molecule has 0 N–H and O–H groups in total. The van der Waals surface area contributed by atoms with E-state index in [4.69, 9.17) is 4.43 Å². The Kier molecular flexibility index (Phi) is 10.9. The lowest BCUT2D eigenvalue weighted by molar-refractivity contribution is 0.219. The lowest BCUT2D eigenvalue weighted by atomic mass is 10.1. The normalized spacial score (nSPS) is 13.2. The standard InChI is InChI=1S/C45H47NOPSi/c1-37(36-38-30-33-46-34-31-38)44(47-49(45(2,3)4,42-26-16-8-17-27-42)43-28-18-9-19-29-43)32-35-48(39-20-10-5-11-21-39,40-22-12-6-13-23-40)41-24-14-7-15-25-41/h5-31,33-34,36,44H,32,35H2,1-4H3/q+1. The molecule has 246 valence electrons. The molecule has 0 amide bonds. The Labute approximate surface area is 295 Å². The van der Waals surface area contributed by atoms with Gasteiger partial charge in [-0.3, -0.25) is 4.98 Å². The van der Waals surface area contributed by atoms with Gasteiger partial charge in [0.25, 0.3) is 8.32 Å². The van der Waals surface area contributed by atoms with E-state index in [1.807, 2.05) is 12.4 Å². The van der Waals surface area contributed by atoms with Crippen LogP contribution >= 0.6 is 7.26 Å². The molecule has 6 rings (SSSR count). The molecule has 1 heterocycles. The van der Waals surface area contributed by atoms with Crippen molar-refractivity contribution in [3.05, 3.63) is 187 Å². The summed E-state index contributed by atoms with van der Waals surface area (Å²) < 4.78 is 7.98. The lowest BCUT2D eigenvalue weighted by Gasteiger charge is -2.45. The number of hydrogen-bond acceptors (Lipinski definition) is 2. The van der Waals surface area contributed by atoms with Crippen LogP contribution in [0.1, 0.15) is 39.7 Å². The van der Waals surface area contributed by atoms with E-state index < -0.39 is 15.6 Å². The molecule has 0 aliphatic rings. The highest BCUT2D eigenvalue weighted by atomic mass is 31.2. The lowest BCUT2D eigenvalue weighted by Crippen LogP contribution is -2.67. The largest absolute Gasteiger partial charge is 0.401 e. The van der Waals surface area contributed by atoms with Crippen LogP contribution in [0.5, 0.6) is 0 Å². The van der Waals surface area contributed by atoms with E-state index in [0.717, 1.165) is 18.1 Å². The maximum absolute atomic E-state index is 7.98. The summed E-state index contributed by atoms with van der Waals surface area (Å²) in [5, 5.41) is 6.64. The van der Waals surface area contributed by atoms with Gasteiger partial charge in [-0.2, -0.15) is 0 Å². The molecule has 49 heavy (non-hydrogen) atoms. The third-order valence-electron chi connectivity index (χ3n) is 9.66. The van der Waals surface area contributed by atoms with Gasteiger partial charge >= 0.3 is 0 Å². The minimum Gasteiger partial charge on any atom is -0.401 e. The minimum absolute atomic E-state index is 0.130. The molecule has 0 bridgehead atoms. The average Bonchev–Trinajstić information content (AvgIpc) is 3.15. The molecule has 0 saturated carbocycles. The van der Waals surface area contributed by atoms with E-state index >= 15 is 0 Å². The Morgan fingerprint density at radius 1 is 0.612 bits per heavy atom. The van der Waals surface area contributed by atoms with Crippen molar-refractivity contribution in [3.63, 3.8) is 0 Å². The number of pyridine rings is 1. The SMILES string of the molecule is CC(=Cc1ccncc1)C(CC[P+](c1ccccc1)(c1ccccc1)c1ccccc1)O[Si](c1ccccc1)(c1ccccc1)C(C)(C)C. The second-order valence-electron chi connectivity index (χ2n) is 13.8. The number of rotatable bonds is 12. The van der Waals surface area contributed by atoms with Crippen molar-refractivity contribution < 1.29 is 4.43 Å². The summed E-state index contributed by atoms with van der Waals surface area (Å²) in [6.45, 7) is 9.37. The third-order valence-corrected chi connectivity index (χ3v) is 19.2. The highest BCUT2D eigenvalue weighted by Gasteiger charge is 2.52. The molecule has 1 atom stereocenters. The fourth-order valence-electron chi connectivity index (χ4n) is 7.29.